The number of benzene rings is 4. The zero-order chi connectivity index (χ0) is 26.1. The van der Waals surface area contributed by atoms with Crippen LogP contribution in [0.15, 0.2) is 91.0 Å². The molecule has 0 bridgehead atoms. The van der Waals surface area contributed by atoms with Crippen molar-refractivity contribution in [3.8, 4) is 17.6 Å². The largest absolute Gasteiger partial charge is 0.545 e. The van der Waals surface area contributed by atoms with Crippen LogP contribution in [0.5, 0.6) is 11.5 Å². The quantitative estimate of drug-likeness (QED) is 0.299. The third-order valence-electron chi connectivity index (χ3n) is 5.85. The van der Waals surface area contributed by atoms with Crippen molar-refractivity contribution in [3.05, 3.63) is 124 Å². The number of nitriles is 1. The zero-order valence-electron chi connectivity index (χ0n) is 19.0. The molecule has 0 saturated carbocycles. The minimum Gasteiger partial charge on any atom is -0.545 e. The number of carboxylic acids is 1. The van der Waals surface area contributed by atoms with Crippen molar-refractivity contribution >= 4 is 29.3 Å². The van der Waals surface area contributed by atoms with Gasteiger partial charge in [0.2, 0.25) is 0 Å². The predicted octanol–water partition coefficient (Wildman–Crippen LogP) is 3.75. The molecule has 178 valence electrons. The Morgan fingerprint density at radius 3 is 2.05 bits per heavy atom. The van der Waals surface area contributed by atoms with E-state index in [1.165, 1.54) is 42.5 Å². The summed E-state index contributed by atoms with van der Waals surface area (Å²) in [6.45, 7) is 0. The first-order valence-electron chi connectivity index (χ1n) is 11.0. The van der Waals surface area contributed by atoms with E-state index >= 15 is 0 Å². The fourth-order valence-electron chi connectivity index (χ4n) is 3.98. The Hall–Kier alpha value is -5.55. The summed E-state index contributed by atoms with van der Waals surface area (Å²) in [5, 5.41) is 19.9. The molecule has 0 unspecified atom stereocenters. The number of aromatic carboxylic acids is 1. The summed E-state index contributed by atoms with van der Waals surface area (Å²) in [6.07, 6.45) is 0. The Bertz CT molecular complexity index is 1630. The Labute approximate surface area is 210 Å². The van der Waals surface area contributed by atoms with Gasteiger partial charge in [-0.3, -0.25) is 14.4 Å². The molecule has 2 amide bonds. The molecule has 0 spiro atoms. The van der Waals surface area contributed by atoms with Gasteiger partial charge >= 0.3 is 0 Å². The van der Waals surface area contributed by atoms with Crippen LogP contribution in [-0.4, -0.2) is 23.6 Å². The summed E-state index contributed by atoms with van der Waals surface area (Å²) >= 11 is 0. The maximum Gasteiger partial charge on any atom is 0.266 e. The number of ketones is 1. The van der Waals surface area contributed by atoms with Gasteiger partial charge in [-0.15, -0.1) is 0 Å². The van der Waals surface area contributed by atoms with Gasteiger partial charge in [0.15, 0.2) is 11.5 Å². The van der Waals surface area contributed by atoms with Gasteiger partial charge in [-0.25, -0.2) is 4.90 Å². The van der Waals surface area contributed by atoms with E-state index in [9.17, 15) is 24.3 Å². The second-order valence-electron chi connectivity index (χ2n) is 8.11. The zero-order valence-corrected chi connectivity index (χ0v) is 19.0. The van der Waals surface area contributed by atoms with Crippen LogP contribution in [0.25, 0.3) is 0 Å². The van der Waals surface area contributed by atoms with Crippen LogP contribution >= 0.6 is 0 Å². The molecule has 37 heavy (non-hydrogen) atoms. The number of ether oxygens (including phenoxy) is 1. The average molecular weight is 487 g/mol. The molecule has 1 aliphatic heterocycles. The van der Waals surface area contributed by atoms with E-state index in [2.05, 4.69) is 0 Å². The molecule has 8 heteroatoms. The molecular weight excluding hydrogens is 472 g/mol. The molecule has 1 heterocycles. The van der Waals surface area contributed by atoms with E-state index < -0.39 is 23.6 Å². The Morgan fingerprint density at radius 2 is 1.38 bits per heavy atom. The smallest absolute Gasteiger partial charge is 0.266 e. The van der Waals surface area contributed by atoms with E-state index in [1.807, 2.05) is 6.07 Å². The van der Waals surface area contributed by atoms with Crippen molar-refractivity contribution in [2.75, 3.05) is 4.90 Å². The van der Waals surface area contributed by atoms with Crippen LogP contribution in [-0.2, 0) is 0 Å². The number of imide groups is 1. The van der Waals surface area contributed by atoms with Crippen molar-refractivity contribution in [3.63, 3.8) is 0 Å². The minimum absolute atomic E-state index is 0.0652. The number of nitrogens with zero attached hydrogens (tertiary/aromatic N) is 2. The summed E-state index contributed by atoms with van der Waals surface area (Å²) < 4.78 is 5.91. The normalized spacial score (nSPS) is 12.1. The summed E-state index contributed by atoms with van der Waals surface area (Å²) in [5.74, 6) is -2.29. The topological polar surface area (TPSA) is 128 Å². The first-order chi connectivity index (χ1) is 17.9. The lowest BCUT2D eigenvalue weighted by atomic mass is 9.98. The van der Waals surface area contributed by atoms with Crippen LogP contribution in [0.3, 0.4) is 0 Å². The Morgan fingerprint density at radius 1 is 0.757 bits per heavy atom. The maximum absolute atomic E-state index is 13.4. The van der Waals surface area contributed by atoms with Gasteiger partial charge in [0, 0.05) is 11.1 Å². The number of carbonyl (C=O) groups excluding carboxylic acids is 4. The third-order valence-corrected chi connectivity index (χ3v) is 5.85. The highest BCUT2D eigenvalue weighted by atomic mass is 16.5. The number of fused-ring (bicyclic) bond motifs is 1. The first kappa shape index (κ1) is 23.2. The number of anilines is 1. The summed E-state index contributed by atoms with van der Waals surface area (Å²) in [6, 6.07) is 24.4. The molecule has 0 radical (unpaired) electrons. The highest BCUT2D eigenvalue weighted by Crippen LogP contribution is 2.37. The monoisotopic (exact) mass is 487 g/mol. The van der Waals surface area contributed by atoms with Crippen LogP contribution < -0.4 is 14.7 Å². The average Bonchev–Trinajstić information content (AvgIpc) is 3.18. The number of amides is 2. The van der Waals surface area contributed by atoms with Gasteiger partial charge in [-0.2, -0.15) is 5.26 Å². The lowest BCUT2D eigenvalue weighted by Crippen LogP contribution is -2.29. The second-order valence-corrected chi connectivity index (χ2v) is 8.11. The second kappa shape index (κ2) is 9.24. The molecular formula is C29H15N2O6-. The predicted molar refractivity (Wildman–Crippen MR) is 129 cm³/mol. The molecule has 1 aliphatic rings. The molecule has 8 nitrogen and oxygen atoms in total. The number of carboxylic acid groups (broad SMARTS) is 1. The van der Waals surface area contributed by atoms with Crippen molar-refractivity contribution in [2.24, 2.45) is 0 Å². The number of para-hydroxylation sites is 2. The van der Waals surface area contributed by atoms with E-state index in [4.69, 9.17) is 10.00 Å². The Balaban J connectivity index is 1.45. The van der Waals surface area contributed by atoms with Gasteiger partial charge in [-0.1, -0.05) is 42.5 Å². The van der Waals surface area contributed by atoms with E-state index in [0.717, 1.165) is 4.90 Å². The lowest BCUT2D eigenvalue weighted by molar-refractivity contribution is -0.255. The molecule has 5 rings (SSSR count). The van der Waals surface area contributed by atoms with Gasteiger partial charge in [0.25, 0.3) is 11.8 Å². The molecule has 0 N–H and O–H groups in total. The fraction of sp³-hybridized carbons (Fsp3) is 0. The van der Waals surface area contributed by atoms with Crippen molar-refractivity contribution in [2.45, 2.75) is 0 Å². The van der Waals surface area contributed by atoms with Crippen LogP contribution in [0.2, 0.25) is 0 Å². The van der Waals surface area contributed by atoms with Crippen molar-refractivity contribution < 1.29 is 29.0 Å². The highest BCUT2D eigenvalue weighted by molar-refractivity contribution is 6.35. The van der Waals surface area contributed by atoms with Crippen molar-refractivity contribution in [1.82, 2.24) is 0 Å². The van der Waals surface area contributed by atoms with E-state index in [1.54, 1.807) is 48.5 Å². The molecule has 0 atom stereocenters. The van der Waals surface area contributed by atoms with Gasteiger partial charge in [0.1, 0.15) is 5.75 Å². The van der Waals surface area contributed by atoms with Crippen LogP contribution in [0.4, 0.5) is 5.69 Å². The first-order valence-corrected chi connectivity index (χ1v) is 11.0. The highest BCUT2D eigenvalue weighted by Gasteiger charge is 2.38. The van der Waals surface area contributed by atoms with Gasteiger partial charge in [-0.05, 0) is 54.1 Å². The van der Waals surface area contributed by atoms with Crippen LogP contribution in [0.1, 0.15) is 52.6 Å². The van der Waals surface area contributed by atoms with E-state index in [0.29, 0.717) is 11.3 Å². The van der Waals surface area contributed by atoms with E-state index in [-0.39, 0.29) is 39.3 Å². The van der Waals surface area contributed by atoms with Crippen molar-refractivity contribution in [1.29, 1.82) is 5.26 Å². The molecule has 0 aromatic heterocycles. The number of carbonyl (C=O) groups is 4. The molecule has 4 aromatic rings. The summed E-state index contributed by atoms with van der Waals surface area (Å²) in [5.41, 5.74) is 1.22. The summed E-state index contributed by atoms with van der Waals surface area (Å²) in [7, 11) is 0. The Kier molecular flexibility index (Phi) is 5.80. The van der Waals surface area contributed by atoms with Gasteiger partial charge in [0.05, 0.1) is 34.4 Å². The number of rotatable bonds is 6. The molecule has 0 fully saturated rings. The molecule has 0 aliphatic carbocycles. The third kappa shape index (κ3) is 4.22. The molecule has 0 saturated heterocycles. The summed E-state index contributed by atoms with van der Waals surface area (Å²) in [4.78, 5) is 51.5. The minimum atomic E-state index is -1.36. The number of hydrogen-bond acceptors (Lipinski definition) is 7. The number of hydrogen-bond donors (Lipinski definition) is 0. The fourth-order valence-corrected chi connectivity index (χ4v) is 3.98. The standard InChI is InChI=1S/C29H16N2O6/c30-16-17-5-12-21(13-6-17)37-25-4-2-1-3-24(25)31-27(33)22-14-11-20(15-23(22)28(31)34)26(32)18-7-9-19(10-8-18)29(35)36/h1-15H,(H,35,36)/p-1. The SMILES string of the molecule is N#Cc1ccc(Oc2ccccc2N2C(=O)c3ccc(C(=O)c4ccc(C(=O)[O-])cc4)cc3C2=O)cc1. The van der Waals surface area contributed by atoms with Gasteiger partial charge < -0.3 is 14.6 Å². The van der Waals surface area contributed by atoms with Crippen LogP contribution in [0, 0.1) is 11.3 Å². The maximum atomic E-state index is 13.4. The lowest BCUT2D eigenvalue weighted by Gasteiger charge is -2.18. The molecule has 4 aromatic carbocycles.